The Morgan fingerprint density at radius 1 is 1.08 bits per heavy atom. The fraction of sp³-hybridized carbons (Fsp3) is 0.222. The Morgan fingerprint density at radius 2 is 1.83 bits per heavy atom. The summed E-state index contributed by atoms with van der Waals surface area (Å²) in [6.45, 7) is 0. The SMILES string of the molecule is O=C1CCC(Cc2ccc(Oc3ccc(Cl)cc3Cl)cc2)C(=O)N1. The smallest absolute Gasteiger partial charge is 0.230 e. The van der Waals surface area contributed by atoms with Crippen molar-refractivity contribution < 1.29 is 14.3 Å². The van der Waals surface area contributed by atoms with E-state index >= 15 is 0 Å². The third-order valence-electron chi connectivity index (χ3n) is 3.88. The summed E-state index contributed by atoms with van der Waals surface area (Å²) in [6.07, 6.45) is 1.58. The van der Waals surface area contributed by atoms with Crippen molar-refractivity contribution in [1.29, 1.82) is 0 Å². The molecule has 1 atom stereocenters. The van der Waals surface area contributed by atoms with Gasteiger partial charge in [0.1, 0.15) is 11.5 Å². The predicted octanol–water partition coefficient (Wildman–Crippen LogP) is 4.38. The van der Waals surface area contributed by atoms with Crippen molar-refractivity contribution in [3.63, 3.8) is 0 Å². The van der Waals surface area contributed by atoms with Crippen molar-refractivity contribution >= 4 is 35.0 Å². The van der Waals surface area contributed by atoms with Gasteiger partial charge in [-0.15, -0.1) is 0 Å². The van der Waals surface area contributed by atoms with Crippen molar-refractivity contribution in [3.05, 3.63) is 58.1 Å². The lowest BCUT2D eigenvalue weighted by Gasteiger charge is -2.20. The summed E-state index contributed by atoms with van der Waals surface area (Å²) in [5.74, 6) is 0.616. The standard InChI is InChI=1S/C18H15Cl2NO3/c19-13-4-7-16(15(20)10-13)24-14-5-1-11(2-6-14)9-12-3-8-17(22)21-18(12)23/h1-2,4-7,10,12H,3,8-9H2,(H,21,22,23). The molecule has 1 fully saturated rings. The van der Waals surface area contributed by atoms with E-state index < -0.39 is 0 Å². The molecule has 1 aliphatic heterocycles. The van der Waals surface area contributed by atoms with Crippen LogP contribution in [-0.2, 0) is 16.0 Å². The molecule has 6 heteroatoms. The first-order valence-corrected chi connectivity index (χ1v) is 8.32. The number of rotatable bonds is 4. The van der Waals surface area contributed by atoms with Gasteiger partial charge in [0.2, 0.25) is 11.8 Å². The highest BCUT2D eigenvalue weighted by molar-refractivity contribution is 6.35. The number of hydrogen-bond donors (Lipinski definition) is 1. The van der Waals surface area contributed by atoms with E-state index in [1.54, 1.807) is 18.2 Å². The van der Waals surface area contributed by atoms with Gasteiger partial charge >= 0.3 is 0 Å². The molecular formula is C18H15Cl2NO3. The van der Waals surface area contributed by atoms with Crippen molar-refractivity contribution in [1.82, 2.24) is 5.32 Å². The molecule has 1 heterocycles. The normalized spacial score (nSPS) is 17.5. The van der Waals surface area contributed by atoms with Gasteiger partial charge < -0.3 is 4.74 Å². The predicted molar refractivity (Wildman–Crippen MR) is 92.6 cm³/mol. The molecular weight excluding hydrogens is 349 g/mol. The van der Waals surface area contributed by atoms with Gasteiger partial charge in [0, 0.05) is 17.4 Å². The number of carbonyl (C=O) groups is 2. The van der Waals surface area contributed by atoms with Crippen LogP contribution in [0.4, 0.5) is 0 Å². The van der Waals surface area contributed by atoms with Crippen LogP contribution in [0.25, 0.3) is 0 Å². The number of carbonyl (C=O) groups excluding carboxylic acids is 2. The lowest BCUT2D eigenvalue weighted by Crippen LogP contribution is -2.41. The van der Waals surface area contributed by atoms with Crippen LogP contribution in [-0.4, -0.2) is 11.8 Å². The molecule has 124 valence electrons. The Kier molecular flexibility index (Phi) is 5.07. The summed E-state index contributed by atoms with van der Waals surface area (Å²) in [4.78, 5) is 23.0. The fourth-order valence-electron chi connectivity index (χ4n) is 2.60. The largest absolute Gasteiger partial charge is 0.456 e. The number of amides is 2. The molecule has 24 heavy (non-hydrogen) atoms. The molecule has 1 aliphatic rings. The number of nitrogens with one attached hydrogen (secondary N) is 1. The molecule has 3 rings (SSSR count). The maximum absolute atomic E-state index is 11.8. The highest BCUT2D eigenvalue weighted by Gasteiger charge is 2.26. The molecule has 2 amide bonds. The van der Waals surface area contributed by atoms with Crippen molar-refractivity contribution in [2.45, 2.75) is 19.3 Å². The zero-order valence-corrected chi connectivity index (χ0v) is 14.2. The zero-order valence-electron chi connectivity index (χ0n) is 12.7. The van der Waals surface area contributed by atoms with Gasteiger partial charge in [0.05, 0.1) is 5.02 Å². The maximum atomic E-state index is 11.8. The van der Waals surface area contributed by atoms with Crippen LogP contribution < -0.4 is 10.1 Å². The molecule has 0 saturated carbocycles. The van der Waals surface area contributed by atoms with E-state index in [0.717, 1.165) is 5.56 Å². The summed E-state index contributed by atoms with van der Waals surface area (Å²) in [5, 5.41) is 3.36. The Balaban J connectivity index is 1.65. The lowest BCUT2D eigenvalue weighted by molar-refractivity contribution is -0.136. The number of benzene rings is 2. The summed E-state index contributed by atoms with van der Waals surface area (Å²) < 4.78 is 5.73. The van der Waals surface area contributed by atoms with E-state index in [9.17, 15) is 9.59 Å². The zero-order chi connectivity index (χ0) is 17.1. The second-order valence-corrected chi connectivity index (χ2v) is 6.52. The molecule has 2 aromatic carbocycles. The van der Waals surface area contributed by atoms with Gasteiger partial charge in [-0.1, -0.05) is 35.3 Å². The third kappa shape index (κ3) is 4.08. The molecule has 0 radical (unpaired) electrons. The van der Waals surface area contributed by atoms with Crippen LogP contribution >= 0.6 is 23.2 Å². The average Bonchev–Trinajstić information content (AvgIpc) is 2.54. The summed E-state index contributed by atoms with van der Waals surface area (Å²) >= 11 is 11.9. The van der Waals surface area contributed by atoms with E-state index in [2.05, 4.69) is 5.32 Å². The Labute approximate surface area is 149 Å². The van der Waals surface area contributed by atoms with Gasteiger partial charge in [-0.2, -0.15) is 0 Å². The Bertz CT molecular complexity index is 774. The number of hydrogen-bond acceptors (Lipinski definition) is 3. The molecule has 1 N–H and O–H groups in total. The molecule has 0 aromatic heterocycles. The summed E-state index contributed by atoms with van der Waals surface area (Å²) in [6, 6.07) is 12.5. The van der Waals surface area contributed by atoms with Gasteiger partial charge in [-0.25, -0.2) is 0 Å². The highest BCUT2D eigenvalue weighted by atomic mass is 35.5. The van der Waals surface area contributed by atoms with Crippen LogP contribution in [0.15, 0.2) is 42.5 Å². The van der Waals surface area contributed by atoms with E-state index in [-0.39, 0.29) is 17.7 Å². The fourth-order valence-corrected chi connectivity index (χ4v) is 3.04. The van der Waals surface area contributed by atoms with E-state index in [4.69, 9.17) is 27.9 Å². The Hall–Kier alpha value is -2.04. The molecule has 2 aromatic rings. The van der Waals surface area contributed by atoms with Gasteiger partial charge in [-0.3, -0.25) is 14.9 Å². The van der Waals surface area contributed by atoms with E-state index in [0.29, 0.717) is 40.8 Å². The monoisotopic (exact) mass is 363 g/mol. The van der Waals surface area contributed by atoms with Crippen molar-refractivity contribution in [3.8, 4) is 11.5 Å². The average molecular weight is 364 g/mol. The van der Waals surface area contributed by atoms with Crippen LogP contribution in [0.1, 0.15) is 18.4 Å². The van der Waals surface area contributed by atoms with Gasteiger partial charge in [-0.05, 0) is 48.7 Å². The lowest BCUT2D eigenvalue weighted by atomic mass is 9.91. The third-order valence-corrected chi connectivity index (χ3v) is 4.41. The van der Waals surface area contributed by atoms with Crippen molar-refractivity contribution in [2.24, 2.45) is 5.92 Å². The molecule has 0 aliphatic carbocycles. The van der Waals surface area contributed by atoms with Crippen molar-refractivity contribution in [2.75, 3.05) is 0 Å². The Morgan fingerprint density at radius 3 is 2.50 bits per heavy atom. The van der Waals surface area contributed by atoms with E-state index in [1.807, 2.05) is 24.3 Å². The minimum atomic E-state index is -0.195. The quantitative estimate of drug-likeness (QED) is 0.819. The first-order chi connectivity index (χ1) is 11.5. The first-order valence-electron chi connectivity index (χ1n) is 7.57. The molecule has 0 bridgehead atoms. The summed E-state index contributed by atoms with van der Waals surface area (Å²) in [5.41, 5.74) is 1.01. The van der Waals surface area contributed by atoms with Crippen LogP contribution in [0.2, 0.25) is 10.0 Å². The van der Waals surface area contributed by atoms with Crippen LogP contribution in [0.3, 0.4) is 0 Å². The molecule has 1 unspecified atom stereocenters. The maximum Gasteiger partial charge on any atom is 0.230 e. The minimum absolute atomic E-state index is 0.167. The van der Waals surface area contributed by atoms with Gasteiger partial charge in [0.25, 0.3) is 0 Å². The second-order valence-electron chi connectivity index (χ2n) is 5.67. The number of ether oxygens (including phenoxy) is 1. The molecule has 4 nitrogen and oxygen atoms in total. The topological polar surface area (TPSA) is 55.4 Å². The number of imide groups is 1. The number of halogens is 2. The second kappa shape index (κ2) is 7.24. The highest BCUT2D eigenvalue weighted by Crippen LogP contribution is 2.31. The molecule has 1 saturated heterocycles. The first kappa shape index (κ1) is 16.8. The van der Waals surface area contributed by atoms with Crippen LogP contribution in [0, 0.1) is 5.92 Å². The minimum Gasteiger partial charge on any atom is -0.456 e. The molecule has 0 spiro atoms. The van der Waals surface area contributed by atoms with E-state index in [1.165, 1.54) is 0 Å². The van der Waals surface area contributed by atoms with Crippen LogP contribution in [0.5, 0.6) is 11.5 Å². The van der Waals surface area contributed by atoms with Gasteiger partial charge in [0.15, 0.2) is 0 Å². The number of piperidine rings is 1. The summed E-state index contributed by atoms with van der Waals surface area (Å²) in [7, 11) is 0.